The predicted octanol–water partition coefficient (Wildman–Crippen LogP) is 7.78. The highest BCUT2D eigenvalue weighted by Crippen LogP contribution is 2.78. The van der Waals surface area contributed by atoms with Gasteiger partial charge in [0, 0.05) is 0 Å². The van der Waals surface area contributed by atoms with Crippen molar-refractivity contribution >= 4 is 0 Å². The second-order valence-electron chi connectivity index (χ2n) is 14.8. The van der Waals surface area contributed by atoms with Crippen LogP contribution in [0.1, 0.15) is 120 Å². The maximum Gasteiger partial charge on any atom is 0.0744 e. The molecule has 0 aromatic heterocycles. The van der Waals surface area contributed by atoms with Crippen LogP contribution in [-0.2, 0) is 0 Å². The number of rotatable bonds is 5. The molecule has 0 radical (unpaired) electrons. The molecule has 0 amide bonds. The summed E-state index contributed by atoms with van der Waals surface area (Å²) in [6.07, 6.45) is 11.7. The van der Waals surface area contributed by atoms with Gasteiger partial charge in [0.05, 0.1) is 12.2 Å². The summed E-state index contributed by atoms with van der Waals surface area (Å²) in [5.41, 5.74) is 2.44. The predicted molar refractivity (Wildman–Crippen MR) is 139 cm³/mol. The van der Waals surface area contributed by atoms with Crippen LogP contribution in [0.15, 0.2) is 12.2 Å². The van der Waals surface area contributed by atoms with Crippen molar-refractivity contribution in [3.63, 3.8) is 0 Å². The highest BCUT2D eigenvalue weighted by atomic mass is 16.3. The van der Waals surface area contributed by atoms with Gasteiger partial charge in [-0.3, -0.25) is 0 Å². The zero-order valence-electron chi connectivity index (χ0n) is 23.1. The van der Waals surface area contributed by atoms with Crippen molar-refractivity contribution in [1.29, 1.82) is 0 Å². The van der Waals surface area contributed by atoms with Crippen LogP contribution in [0.4, 0.5) is 0 Å². The van der Waals surface area contributed by atoms with Crippen LogP contribution in [0.2, 0.25) is 0 Å². The highest BCUT2D eigenvalue weighted by molar-refractivity contribution is 5.20. The van der Waals surface area contributed by atoms with Crippen LogP contribution < -0.4 is 0 Å². The number of hydrogen-bond donors (Lipinski definition) is 2. The molecule has 2 nitrogen and oxygen atoms in total. The topological polar surface area (TPSA) is 40.5 Å². The van der Waals surface area contributed by atoms with E-state index in [0.29, 0.717) is 33.5 Å². The number of hydrogen-bond acceptors (Lipinski definition) is 2. The molecule has 4 aliphatic rings. The SMILES string of the molecule is C=C(C)C(O)CCC(C)C1CCC2(C)C3CCC4C(C)(C)C(O)CCC4(C)C3(C)CCC12C. The van der Waals surface area contributed by atoms with Crippen molar-refractivity contribution in [2.45, 2.75) is 132 Å². The van der Waals surface area contributed by atoms with Crippen LogP contribution in [0.5, 0.6) is 0 Å². The Balaban J connectivity index is 1.61. The van der Waals surface area contributed by atoms with Gasteiger partial charge in [-0.05, 0) is 122 Å². The van der Waals surface area contributed by atoms with Crippen molar-refractivity contribution in [2.75, 3.05) is 0 Å². The fourth-order valence-corrected chi connectivity index (χ4v) is 10.8. The third-order valence-corrected chi connectivity index (χ3v) is 13.5. The van der Waals surface area contributed by atoms with E-state index in [4.69, 9.17) is 0 Å². The molecule has 0 saturated heterocycles. The van der Waals surface area contributed by atoms with E-state index in [0.717, 1.165) is 36.7 Å². The summed E-state index contributed by atoms with van der Waals surface area (Å²) in [5.74, 6) is 2.84. The van der Waals surface area contributed by atoms with E-state index >= 15 is 0 Å². The number of aliphatic hydroxyl groups excluding tert-OH is 2. The first kappa shape index (κ1) is 25.7. The number of fused-ring (bicyclic) bond motifs is 5. The van der Waals surface area contributed by atoms with Gasteiger partial charge < -0.3 is 10.2 Å². The van der Waals surface area contributed by atoms with Crippen LogP contribution >= 0.6 is 0 Å². The fourth-order valence-electron chi connectivity index (χ4n) is 10.8. The average molecular weight is 459 g/mol. The van der Waals surface area contributed by atoms with E-state index in [1.165, 1.54) is 44.9 Å². The minimum atomic E-state index is -0.345. The van der Waals surface area contributed by atoms with Gasteiger partial charge in [0.2, 0.25) is 0 Å². The Morgan fingerprint density at radius 2 is 1.30 bits per heavy atom. The first-order chi connectivity index (χ1) is 15.1. The molecule has 0 aromatic carbocycles. The minimum absolute atomic E-state index is 0.0273. The average Bonchev–Trinajstić information content (AvgIpc) is 3.01. The quantitative estimate of drug-likeness (QED) is 0.413. The molecule has 4 fully saturated rings. The monoisotopic (exact) mass is 458 g/mol. The first-order valence-corrected chi connectivity index (χ1v) is 14.2. The van der Waals surface area contributed by atoms with Gasteiger partial charge in [-0.25, -0.2) is 0 Å². The Kier molecular flexibility index (Phi) is 6.31. The summed E-state index contributed by atoms with van der Waals surface area (Å²) >= 11 is 0. The second-order valence-corrected chi connectivity index (χ2v) is 14.8. The van der Waals surface area contributed by atoms with Gasteiger partial charge >= 0.3 is 0 Å². The zero-order chi connectivity index (χ0) is 24.6. The van der Waals surface area contributed by atoms with Crippen molar-refractivity contribution in [2.24, 2.45) is 50.7 Å². The van der Waals surface area contributed by atoms with Gasteiger partial charge in [0.25, 0.3) is 0 Å². The molecule has 0 aromatic rings. The summed E-state index contributed by atoms with van der Waals surface area (Å²) in [7, 11) is 0. The Morgan fingerprint density at radius 1 is 0.788 bits per heavy atom. The Bertz CT molecular complexity index is 771. The lowest BCUT2D eigenvalue weighted by Crippen LogP contribution is -2.66. The van der Waals surface area contributed by atoms with Crippen LogP contribution in [0.25, 0.3) is 0 Å². The van der Waals surface area contributed by atoms with Crippen LogP contribution in [0.3, 0.4) is 0 Å². The van der Waals surface area contributed by atoms with E-state index < -0.39 is 0 Å². The normalized spacial score (nSPS) is 50.6. The molecule has 0 spiro atoms. The molecule has 33 heavy (non-hydrogen) atoms. The molecular weight excluding hydrogens is 404 g/mol. The molecule has 0 heterocycles. The summed E-state index contributed by atoms with van der Waals surface area (Å²) in [4.78, 5) is 0. The highest BCUT2D eigenvalue weighted by Gasteiger charge is 2.71. The second kappa shape index (κ2) is 8.09. The molecule has 2 N–H and O–H groups in total. The Labute approximate surface area is 205 Å². The first-order valence-electron chi connectivity index (χ1n) is 14.2. The lowest BCUT2D eigenvalue weighted by atomic mass is 9.33. The summed E-state index contributed by atoms with van der Waals surface area (Å²) in [6.45, 7) is 23.7. The fraction of sp³-hybridized carbons (Fsp3) is 0.935. The Hall–Kier alpha value is -0.340. The largest absolute Gasteiger partial charge is 0.393 e. The van der Waals surface area contributed by atoms with E-state index in [-0.39, 0.29) is 17.6 Å². The van der Waals surface area contributed by atoms with E-state index in [1.54, 1.807) is 0 Å². The van der Waals surface area contributed by atoms with Crippen molar-refractivity contribution in [1.82, 2.24) is 0 Å². The molecule has 4 rings (SSSR count). The zero-order valence-corrected chi connectivity index (χ0v) is 23.1. The van der Waals surface area contributed by atoms with Gasteiger partial charge in [-0.2, -0.15) is 0 Å². The van der Waals surface area contributed by atoms with Crippen LogP contribution in [0, 0.1) is 50.7 Å². The lowest BCUT2D eigenvalue weighted by molar-refractivity contribution is -0.244. The standard InChI is InChI=1S/C31H54O2/c1-20(2)23(32)11-10-21(3)22-14-16-30(8)25-13-12-24-27(4,5)26(33)15-17-29(24,7)31(25,9)19-18-28(22,30)6/h21-26,32-33H,1,10-19H2,2-9H3. The molecule has 2 heteroatoms. The molecule has 0 aliphatic heterocycles. The minimum Gasteiger partial charge on any atom is -0.393 e. The van der Waals surface area contributed by atoms with E-state index in [1.807, 2.05) is 6.92 Å². The molecule has 0 bridgehead atoms. The smallest absolute Gasteiger partial charge is 0.0744 e. The van der Waals surface area contributed by atoms with E-state index in [9.17, 15) is 10.2 Å². The maximum atomic E-state index is 10.9. The van der Waals surface area contributed by atoms with Crippen molar-refractivity contribution < 1.29 is 10.2 Å². The van der Waals surface area contributed by atoms with Gasteiger partial charge in [-0.15, -0.1) is 0 Å². The van der Waals surface area contributed by atoms with Crippen molar-refractivity contribution in [3.8, 4) is 0 Å². The molecule has 10 atom stereocenters. The summed E-state index contributed by atoms with van der Waals surface area (Å²) < 4.78 is 0. The van der Waals surface area contributed by atoms with Crippen LogP contribution in [-0.4, -0.2) is 22.4 Å². The molecule has 4 saturated carbocycles. The van der Waals surface area contributed by atoms with Crippen molar-refractivity contribution in [3.05, 3.63) is 12.2 Å². The molecule has 10 unspecified atom stereocenters. The third kappa shape index (κ3) is 3.39. The summed E-state index contributed by atoms with van der Waals surface area (Å²) in [6, 6.07) is 0. The molecule has 4 aliphatic carbocycles. The Morgan fingerprint density at radius 3 is 1.94 bits per heavy atom. The third-order valence-electron chi connectivity index (χ3n) is 13.5. The lowest BCUT2D eigenvalue weighted by Gasteiger charge is -2.72. The van der Waals surface area contributed by atoms with Gasteiger partial charge in [0.1, 0.15) is 0 Å². The number of aliphatic hydroxyl groups is 2. The summed E-state index contributed by atoms with van der Waals surface area (Å²) in [5, 5.41) is 21.2. The molecular formula is C31H54O2. The molecule has 190 valence electrons. The van der Waals surface area contributed by atoms with E-state index in [2.05, 4.69) is 55.0 Å². The van der Waals surface area contributed by atoms with Gasteiger partial charge in [0.15, 0.2) is 0 Å². The maximum absolute atomic E-state index is 10.9. The van der Waals surface area contributed by atoms with Gasteiger partial charge in [-0.1, -0.05) is 60.6 Å².